The van der Waals surface area contributed by atoms with Crippen LogP contribution in [-0.4, -0.2) is 36.1 Å². The lowest BCUT2D eigenvalue weighted by molar-refractivity contribution is 0.0377. The van der Waals surface area contributed by atoms with Crippen LogP contribution in [0, 0.1) is 0 Å². The minimum atomic E-state index is -1.23. The van der Waals surface area contributed by atoms with Crippen molar-refractivity contribution in [3.8, 4) is 0 Å². The lowest BCUT2D eigenvalue weighted by Crippen LogP contribution is -2.22. The van der Waals surface area contributed by atoms with Gasteiger partial charge in [0.25, 0.3) is 5.91 Å². The summed E-state index contributed by atoms with van der Waals surface area (Å²) in [4.78, 5) is 34.3. The summed E-state index contributed by atoms with van der Waals surface area (Å²) in [6.07, 6.45) is -0.296. The lowest BCUT2D eigenvalue weighted by atomic mass is 10.0. The topological polar surface area (TPSA) is 92.7 Å². The van der Waals surface area contributed by atoms with E-state index in [1.54, 1.807) is 13.8 Å². The van der Waals surface area contributed by atoms with Gasteiger partial charge in [-0.15, -0.1) is 0 Å². The van der Waals surface area contributed by atoms with E-state index in [2.05, 4.69) is 5.32 Å². The largest absolute Gasteiger partial charge is 0.478 e. The Labute approximate surface area is 110 Å². The van der Waals surface area contributed by atoms with Crippen LogP contribution < -0.4 is 5.32 Å². The maximum absolute atomic E-state index is 11.7. The minimum Gasteiger partial charge on any atom is -0.478 e. The molecule has 1 aromatic carbocycles. The molecule has 1 rings (SSSR count). The highest BCUT2D eigenvalue weighted by Gasteiger charge is 2.19. The van der Waals surface area contributed by atoms with E-state index in [4.69, 9.17) is 9.84 Å². The molecule has 6 heteroatoms. The Hall–Kier alpha value is -2.37. The van der Waals surface area contributed by atoms with Crippen molar-refractivity contribution < 1.29 is 24.2 Å². The fraction of sp³-hybridized carbons (Fsp3) is 0.308. The van der Waals surface area contributed by atoms with Gasteiger partial charge in [0, 0.05) is 7.05 Å². The van der Waals surface area contributed by atoms with Crippen molar-refractivity contribution in [3.63, 3.8) is 0 Å². The van der Waals surface area contributed by atoms with Crippen LogP contribution in [-0.2, 0) is 4.74 Å². The van der Waals surface area contributed by atoms with E-state index in [-0.39, 0.29) is 22.8 Å². The molecular formula is C13H15NO5. The predicted octanol–water partition coefficient (Wildman–Crippen LogP) is 1.31. The number of aromatic carboxylic acids is 1. The SMILES string of the molecule is CNC(=O)c1cc(C(=O)OC(C)C)ccc1C(=O)O. The van der Waals surface area contributed by atoms with Gasteiger partial charge in [-0.3, -0.25) is 4.79 Å². The molecule has 6 nitrogen and oxygen atoms in total. The first-order valence-corrected chi connectivity index (χ1v) is 5.67. The third-order valence-corrected chi connectivity index (χ3v) is 2.30. The van der Waals surface area contributed by atoms with Gasteiger partial charge in [-0.05, 0) is 32.0 Å². The average Bonchev–Trinajstić information content (AvgIpc) is 2.36. The summed E-state index contributed by atoms with van der Waals surface area (Å²) in [5.41, 5.74) is -0.106. The first-order chi connectivity index (χ1) is 8.86. The number of carbonyl (C=O) groups excluding carboxylic acids is 2. The van der Waals surface area contributed by atoms with Crippen LogP contribution in [0.15, 0.2) is 18.2 Å². The average molecular weight is 265 g/mol. The fourth-order valence-corrected chi connectivity index (χ4v) is 1.46. The summed E-state index contributed by atoms with van der Waals surface area (Å²) in [5, 5.41) is 11.3. The zero-order valence-electron chi connectivity index (χ0n) is 10.9. The van der Waals surface area contributed by atoms with Crippen molar-refractivity contribution in [2.75, 3.05) is 7.05 Å². The number of amides is 1. The predicted molar refractivity (Wildman–Crippen MR) is 67.3 cm³/mol. The number of rotatable bonds is 4. The molecule has 0 atom stereocenters. The van der Waals surface area contributed by atoms with Crippen LogP contribution in [0.2, 0.25) is 0 Å². The van der Waals surface area contributed by atoms with Crippen molar-refractivity contribution in [2.45, 2.75) is 20.0 Å². The summed E-state index contributed by atoms with van der Waals surface area (Å²) in [7, 11) is 1.38. The Morgan fingerprint density at radius 3 is 2.32 bits per heavy atom. The minimum absolute atomic E-state index is 0.0757. The third kappa shape index (κ3) is 3.54. The normalized spacial score (nSPS) is 10.1. The molecule has 0 unspecified atom stereocenters. The van der Waals surface area contributed by atoms with Crippen LogP contribution in [0.1, 0.15) is 44.9 Å². The number of benzene rings is 1. The highest BCUT2D eigenvalue weighted by atomic mass is 16.5. The number of hydrogen-bond donors (Lipinski definition) is 2. The van der Waals surface area contributed by atoms with Crippen LogP contribution in [0.3, 0.4) is 0 Å². The van der Waals surface area contributed by atoms with E-state index < -0.39 is 17.8 Å². The number of hydrogen-bond acceptors (Lipinski definition) is 4. The van der Waals surface area contributed by atoms with Gasteiger partial charge >= 0.3 is 11.9 Å². The maximum Gasteiger partial charge on any atom is 0.338 e. The van der Waals surface area contributed by atoms with Crippen molar-refractivity contribution in [2.24, 2.45) is 0 Å². The second-order valence-corrected chi connectivity index (χ2v) is 4.10. The van der Waals surface area contributed by atoms with E-state index in [9.17, 15) is 14.4 Å². The van der Waals surface area contributed by atoms with Crippen LogP contribution >= 0.6 is 0 Å². The van der Waals surface area contributed by atoms with Gasteiger partial charge in [-0.25, -0.2) is 9.59 Å². The Bertz CT molecular complexity index is 522. The molecule has 19 heavy (non-hydrogen) atoms. The highest BCUT2D eigenvalue weighted by molar-refractivity contribution is 6.06. The first kappa shape index (κ1) is 14.7. The smallest absolute Gasteiger partial charge is 0.338 e. The first-order valence-electron chi connectivity index (χ1n) is 5.67. The van der Waals surface area contributed by atoms with Crippen LogP contribution in [0.25, 0.3) is 0 Å². The Balaban J connectivity index is 3.22. The molecular weight excluding hydrogens is 250 g/mol. The summed E-state index contributed by atoms with van der Waals surface area (Å²) >= 11 is 0. The van der Waals surface area contributed by atoms with Crippen LogP contribution in [0.4, 0.5) is 0 Å². The molecule has 0 saturated heterocycles. The van der Waals surface area contributed by atoms with E-state index in [0.29, 0.717) is 0 Å². The lowest BCUT2D eigenvalue weighted by Gasteiger charge is -2.10. The second-order valence-electron chi connectivity index (χ2n) is 4.10. The molecule has 1 aromatic rings. The summed E-state index contributed by atoms with van der Waals surface area (Å²) < 4.78 is 4.99. The molecule has 0 aliphatic heterocycles. The molecule has 0 aromatic heterocycles. The Morgan fingerprint density at radius 2 is 1.84 bits per heavy atom. The molecule has 0 fully saturated rings. The molecule has 102 valence electrons. The molecule has 0 aliphatic rings. The molecule has 0 bridgehead atoms. The van der Waals surface area contributed by atoms with Gasteiger partial charge in [-0.1, -0.05) is 0 Å². The van der Waals surface area contributed by atoms with Gasteiger partial charge in [-0.2, -0.15) is 0 Å². The third-order valence-electron chi connectivity index (χ3n) is 2.30. The Morgan fingerprint density at radius 1 is 1.21 bits per heavy atom. The van der Waals surface area contributed by atoms with Crippen molar-refractivity contribution in [3.05, 3.63) is 34.9 Å². The summed E-state index contributed by atoms with van der Waals surface area (Å²) in [6.45, 7) is 3.40. The number of carboxylic acid groups (broad SMARTS) is 1. The van der Waals surface area contributed by atoms with Crippen molar-refractivity contribution in [1.29, 1.82) is 0 Å². The van der Waals surface area contributed by atoms with E-state index in [1.165, 1.54) is 25.2 Å². The monoisotopic (exact) mass is 265 g/mol. The van der Waals surface area contributed by atoms with E-state index >= 15 is 0 Å². The zero-order valence-corrected chi connectivity index (χ0v) is 10.9. The van der Waals surface area contributed by atoms with E-state index in [1.807, 2.05) is 0 Å². The molecule has 0 radical (unpaired) electrons. The van der Waals surface area contributed by atoms with Gasteiger partial charge in [0.05, 0.1) is 22.8 Å². The quantitative estimate of drug-likeness (QED) is 0.801. The van der Waals surface area contributed by atoms with Crippen LogP contribution in [0.5, 0.6) is 0 Å². The maximum atomic E-state index is 11.7. The summed E-state index contributed by atoms with van der Waals surface area (Å²) in [6, 6.07) is 3.75. The summed E-state index contributed by atoms with van der Waals surface area (Å²) in [5.74, 6) is -2.41. The molecule has 1 amide bonds. The van der Waals surface area contributed by atoms with Gasteiger partial charge in [0.2, 0.25) is 0 Å². The number of ether oxygens (including phenoxy) is 1. The van der Waals surface area contributed by atoms with Gasteiger partial charge < -0.3 is 15.2 Å². The zero-order chi connectivity index (χ0) is 14.6. The Kier molecular flexibility index (Phi) is 4.63. The number of carboxylic acids is 1. The highest BCUT2D eigenvalue weighted by Crippen LogP contribution is 2.14. The van der Waals surface area contributed by atoms with Gasteiger partial charge in [0.1, 0.15) is 0 Å². The number of esters is 1. The second kappa shape index (κ2) is 5.99. The van der Waals surface area contributed by atoms with Crippen molar-refractivity contribution in [1.82, 2.24) is 5.32 Å². The molecule has 0 spiro atoms. The van der Waals surface area contributed by atoms with Gasteiger partial charge in [0.15, 0.2) is 0 Å². The molecule has 0 heterocycles. The van der Waals surface area contributed by atoms with E-state index in [0.717, 1.165) is 0 Å². The number of carbonyl (C=O) groups is 3. The molecule has 0 saturated carbocycles. The molecule has 0 aliphatic carbocycles. The standard InChI is InChI=1S/C13H15NO5/c1-7(2)19-13(18)8-4-5-9(12(16)17)10(6-8)11(15)14-3/h4-7H,1-3H3,(H,14,15)(H,16,17). The van der Waals surface area contributed by atoms with Crippen molar-refractivity contribution >= 4 is 17.8 Å². The molecule has 2 N–H and O–H groups in total. The number of nitrogens with one attached hydrogen (secondary N) is 1. The fourth-order valence-electron chi connectivity index (χ4n) is 1.46.